The third-order valence-corrected chi connectivity index (χ3v) is 3.13. The first-order chi connectivity index (χ1) is 10.9. The van der Waals surface area contributed by atoms with E-state index >= 15 is 0 Å². The van der Waals surface area contributed by atoms with E-state index in [4.69, 9.17) is 0 Å². The van der Waals surface area contributed by atoms with Crippen molar-refractivity contribution in [1.29, 1.82) is 0 Å². The highest BCUT2D eigenvalue weighted by Crippen LogP contribution is 2.12. The molecule has 0 aliphatic carbocycles. The third-order valence-electron chi connectivity index (χ3n) is 2.60. The van der Waals surface area contributed by atoms with Crippen LogP contribution < -0.4 is 5.32 Å². The largest absolute Gasteiger partial charge is 0.456 e. The molecular weight excluding hydrogens is 370 g/mol. The first kappa shape index (κ1) is 18.8. The first-order valence-corrected chi connectivity index (χ1v) is 7.62. The lowest BCUT2D eigenvalue weighted by molar-refractivity contribution is -0.148. The standard InChI is InChI=1S/C15H16BrNO6/c1-2-22-15(21)17-13(19)9-23-14(20)8-7-12(18)10-3-5-11(16)6-4-10/h3-6H,2,7-9H2,1H3,(H,17,19,21). The Morgan fingerprint density at radius 3 is 2.30 bits per heavy atom. The van der Waals surface area contributed by atoms with Gasteiger partial charge >= 0.3 is 12.1 Å². The van der Waals surface area contributed by atoms with Crippen molar-refractivity contribution in [2.24, 2.45) is 0 Å². The number of imide groups is 1. The number of halogens is 1. The minimum Gasteiger partial charge on any atom is -0.456 e. The molecule has 2 amide bonds. The van der Waals surface area contributed by atoms with E-state index in [2.05, 4.69) is 25.4 Å². The molecule has 0 saturated carbocycles. The molecule has 0 aliphatic rings. The van der Waals surface area contributed by atoms with Gasteiger partial charge in [-0.1, -0.05) is 28.1 Å². The van der Waals surface area contributed by atoms with Gasteiger partial charge in [-0.25, -0.2) is 4.79 Å². The number of benzene rings is 1. The van der Waals surface area contributed by atoms with Crippen molar-refractivity contribution in [2.75, 3.05) is 13.2 Å². The molecular formula is C15H16BrNO6. The van der Waals surface area contributed by atoms with Crippen LogP contribution in [0.1, 0.15) is 30.1 Å². The van der Waals surface area contributed by atoms with Gasteiger partial charge in [-0.05, 0) is 19.1 Å². The number of alkyl carbamates (subject to hydrolysis) is 1. The fourth-order valence-corrected chi connectivity index (χ4v) is 1.80. The highest BCUT2D eigenvalue weighted by atomic mass is 79.9. The van der Waals surface area contributed by atoms with E-state index in [-0.39, 0.29) is 25.2 Å². The van der Waals surface area contributed by atoms with Gasteiger partial charge < -0.3 is 9.47 Å². The number of amides is 2. The summed E-state index contributed by atoms with van der Waals surface area (Å²) in [5, 5.41) is 1.88. The van der Waals surface area contributed by atoms with E-state index in [1.807, 2.05) is 5.32 Å². The summed E-state index contributed by atoms with van der Waals surface area (Å²) in [6.07, 6.45) is -1.08. The number of hydrogen-bond acceptors (Lipinski definition) is 6. The quantitative estimate of drug-likeness (QED) is 0.570. The van der Waals surface area contributed by atoms with Gasteiger partial charge in [-0.15, -0.1) is 0 Å². The van der Waals surface area contributed by atoms with Crippen molar-refractivity contribution >= 4 is 39.7 Å². The van der Waals surface area contributed by atoms with Gasteiger partial charge in [-0.2, -0.15) is 0 Å². The molecule has 1 aromatic carbocycles. The summed E-state index contributed by atoms with van der Waals surface area (Å²) in [5.41, 5.74) is 0.487. The van der Waals surface area contributed by atoms with E-state index in [0.29, 0.717) is 5.56 Å². The molecule has 0 aromatic heterocycles. The highest BCUT2D eigenvalue weighted by Gasteiger charge is 2.13. The number of ether oxygens (including phenoxy) is 2. The monoisotopic (exact) mass is 385 g/mol. The fourth-order valence-electron chi connectivity index (χ4n) is 1.53. The van der Waals surface area contributed by atoms with E-state index in [1.165, 1.54) is 0 Å². The number of carbonyl (C=O) groups is 4. The molecule has 23 heavy (non-hydrogen) atoms. The van der Waals surface area contributed by atoms with E-state index < -0.39 is 24.6 Å². The van der Waals surface area contributed by atoms with E-state index in [9.17, 15) is 19.2 Å². The van der Waals surface area contributed by atoms with Gasteiger partial charge in [0, 0.05) is 16.5 Å². The topological polar surface area (TPSA) is 98.8 Å². The minimum absolute atomic E-state index is 0.0278. The van der Waals surface area contributed by atoms with Crippen LogP contribution in [0.3, 0.4) is 0 Å². The summed E-state index contributed by atoms with van der Waals surface area (Å²) in [6, 6.07) is 6.74. The third kappa shape index (κ3) is 7.55. The van der Waals surface area contributed by atoms with Crippen LogP contribution >= 0.6 is 15.9 Å². The molecule has 0 radical (unpaired) electrons. The second kappa shape index (κ2) is 9.73. The van der Waals surface area contributed by atoms with Gasteiger partial charge in [0.1, 0.15) is 0 Å². The fraction of sp³-hybridized carbons (Fsp3) is 0.333. The molecule has 1 N–H and O–H groups in total. The Labute approximate surface area is 141 Å². The molecule has 0 spiro atoms. The highest BCUT2D eigenvalue weighted by molar-refractivity contribution is 9.10. The number of ketones is 1. The molecule has 0 unspecified atom stereocenters. The number of carbonyl (C=O) groups excluding carboxylic acids is 4. The van der Waals surface area contributed by atoms with Crippen LogP contribution in [-0.2, 0) is 19.1 Å². The number of nitrogens with one attached hydrogen (secondary N) is 1. The average Bonchev–Trinajstić information content (AvgIpc) is 2.51. The van der Waals surface area contributed by atoms with Crippen molar-refractivity contribution in [2.45, 2.75) is 19.8 Å². The molecule has 0 saturated heterocycles. The summed E-state index contributed by atoms with van der Waals surface area (Å²) in [6.45, 7) is 1.10. The molecule has 0 heterocycles. The van der Waals surface area contributed by atoms with Crippen molar-refractivity contribution in [1.82, 2.24) is 5.32 Å². The van der Waals surface area contributed by atoms with Crippen LogP contribution in [-0.4, -0.2) is 37.0 Å². The van der Waals surface area contributed by atoms with Crippen LogP contribution in [0.25, 0.3) is 0 Å². The summed E-state index contributed by atoms with van der Waals surface area (Å²) >= 11 is 3.26. The van der Waals surface area contributed by atoms with Crippen molar-refractivity contribution in [3.05, 3.63) is 34.3 Å². The average molecular weight is 386 g/mol. The molecule has 0 atom stereocenters. The molecule has 0 bridgehead atoms. The Bertz CT molecular complexity index is 584. The maximum Gasteiger partial charge on any atom is 0.413 e. The molecule has 0 fully saturated rings. The smallest absolute Gasteiger partial charge is 0.413 e. The lowest BCUT2D eigenvalue weighted by Crippen LogP contribution is -2.34. The second-order valence-electron chi connectivity index (χ2n) is 4.36. The Balaban J connectivity index is 2.28. The molecule has 1 rings (SSSR count). The zero-order valence-electron chi connectivity index (χ0n) is 12.5. The zero-order valence-corrected chi connectivity index (χ0v) is 14.1. The number of hydrogen-bond donors (Lipinski definition) is 1. The SMILES string of the molecule is CCOC(=O)NC(=O)COC(=O)CCC(=O)c1ccc(Br)cc1. The Hall–Kier alpha value is -2.22. The normalized spacial score (nSPS) is 9.83. The summed E-state index contributed by atoms with van der Waals surface area (Å²) in [4.78, 5) is 45.5. The Morgan fingerprint density at radius 1 is 1.04 bits per heavy atom. The Morgan fingerprint density at radius 2 is 1.70 bits per heavy atom. The molecule has 8 heteroatoms. The van der Waals surface area contributed by atoms with Crippen molar-refractivity contribution in [3.63, 3.8) is 0 Å². The van der Waals surface area contributed by atoms with Crippen LogP contribution in [0.15, 0.2) is 28.7 Å². The van der Waals surface area contributed by atoms with Crippen LogP contribution in [0, 0.1) is 0 Å². The minimum atomic E-state index is -0.904. The number of esters is 1. The summed E-state index contributed by atoms with van der Waals surface area (Å²) in [7, 11) is 0. The maximum absolute atomic E-state index is 11.9. The summed E-state index contributed by atoms with van der Waals surface area (Å²) < 4.78 is 10.0. The van der Waals surface area contributed by atoms with Gasteiger partial charge in [0.05, 0.1) is 13.0 Å². The molecule has 124 valence electrons. The lowest BCUT2D eigenvalue weighted by Gasteiger charge is -2.05. The predicted octanol–water partition coefficient (Wildman–Crippen LogP) is 2.23. The van der Waals surface area contributed by atoms with E-state index in [1.54, 1.807) is 31.2 Å². The molecule has 7 nitrogen and oxygen atoms in total. The van der Waals surface area contributed by atoms with Crippen LogP contribution in [0.2, 0.25) is 0 Å². The Kier molecular flexibility index (Phi) is 7.96. The van der Waals surface area contributed by atoms with Gasteiger partial charge in [0.15, 0.2) is 12.4 Å². The summed E-state index contributed by atoms with van der Waals surface area (Å²) in [5.74, 6) is -1.70. The molecule has 0 aliphatic heterocycles. The first-order valence-electron chi connectivity index (χ1n) is 6.83. The van der Waals surface area contributed by atoms with Crippen LogP contribution in [0.4, 0.5) is 4.79 Å². The van der Waals surface area contributed by atoms with Crippen molar-refractivity contribution in [3.8, 4) is 0 Å². The van der Waals surface area contributed by atoms with Gasteiger partial charge in [0.2, 0.25) is 0 Å². The lowest BCUT2D eigenvalue weighted by atomic mass is 10.1. The van der Waals surface area contributed by atoms with Crippen molar-refractivity contribution < 1.29 is 28.7 Å². The van der Waals surface area contributed by atoms with E-state index in [0.717, 1.165) is 4.47 Å². The van der Waals surface area contributed by atoms with Gasteiger partial charge in [0.25, 0.3) is 5.91 Å². The second-order valence-corrected chi connectivity index (χ2v) is 5.28. The zero-order chi connectivity index (χ0) is 17.2. The van der Waals surface area contributed by atoms with Gasteiger partial charge in [-0.3, -0.25) is 19.7 Å². The maximum atomic E-state index is 11.9. The van der Waals surface area contributed by atoms with Crippen LogP contribution in [0.5, 0.6) is 0 Å². The molecule has 1 aromatic rings. The number of rotatable bonds is 7. The number of Topliss-reactive ketones (excluding diaryl/α,β-unsaturated/α-hetero) is 1. The predicted molar refractivity (Wildman–Crippen MR) is 83.8 cm³/mol.